The zero-order chi connectivity index (χ0) is 14.8. The standard InChI is InChI=1S/C12H14BrClO5S/c1-20(15,16)18-7-11-6-17-12(8-13,19-11)9-2-4-10(14)5-3-9/h2-5,11H,6-8H2,1H3. The molecule has 1 fully saturated rings. The van der Waals surface area contributed by atoms with Crippen LogP contribution in [-0.4, -0.2) is 39.3 Å². The Kier molecular flexibility index (Phi) is 5.09. The van der Waals surface area contributed by atoms with Gasteiger partial charge in [0, 0.05) is 10.6 Å². The summed E-state index contributed by atoms with van der Waals surface area (Å²) in [6, 6.07) is 7.11. The van der Waals surface area contributed by atoms with Gasteiger partial charge >= 0.3 is 0 Å². The van der Waals surface area contributed by atoms with E-state index in [-0.39, 0.29) is 13.2 Å². The molecule has 0 radical (unpaired) electrons. The molecular formula is C12H14BrClO5S. The number of rotatable bonds is 5. The maximum Gasteiger partial charge on any atom is 0.264 e. The highest BCUT2D eigenvalue weighted by molar-refractivity contribution is 9.09. The molecule has 1 aliphatic heterocycles. The molecule has 0 bridgehead atoms. The first-order valence-electron chi connectivity index (χ1n) is 5.83. The molecule has 0 amide bonds. The van der Waals surface area contributed by atoms with Crippen LogP contribution in [-0.2, 0) is 29.6 Å². The number of benzene rings is 1. The molecule has 1 aromatic carbocycles. The lowest BCUT2D eigenvalue weighted by molar-refractivity contribution is -0.159. The van der Waals surface area contributed by atoms with E-state index in [2.05, 4.69) is 15.9 Å². The summed E-state index contributed by atoms with van der Waals surface area (Å²) >= 11 is 9.22. The summed E-state index contributed by atoms with van der Waals surface area (Å²) in [7, 11) is -3.49. The predicted molar refractivity (Wildman–Crippen MR) is 78.5 cm³/mol. The van der Waals surface area contributed by atoms with Crippen molar-refractivity contribution in [3.63, 3.8) is 0 Å². The van der Waals surface area contributed by atoms with Crippen LogP contribution in [0.25, 0.3) is 0 Å². The van der Waals surface area contributed by atoms with Gasteiger partial charge in [-0.15, -0.1) is 0 Å². The van der Waals surface area contributed by atoms with Gasteiger partial charge in [-0.05, 0) is 12.1 Å². The molecule has 1 saturated heterocycles. The highest BCUT2D eigenvalue weighted by Gasteiger charge is 2.42. The zero-order valence-electron chi connectivity index (χ0n) is 10.7. The maximum absolute atomic E-state index is 11.0. The molecule has 8 heteroatoms. The minimum atomic E-state index is -3.49. The maximum atomic E-state index is 11.0. The van der Waals surface area contributed by atoms with Crippen LogP contribution in [0, 0.1) is 0 Å². The number of hydrogen-bond acceptors (Lipinski definition) is 5. The molecule has 0 saturated carbocycles. The number of hydrogen-bond donors (Lipinski definition) is 0. The highest BCUT2D eigenvalue weighted by Crippen LogP contribution is 2.36. The molecule has 1 aromatic rings. The van der Waals surface area contributed by atoms with Crippen molar-refractivity contribution in [2.24, 2.45) is 0 Å². The third kappa shape index (κ3) is 3.93. The fourth-order valence-corrected chi connectivity index (χ4v) is 2.99. The molecule has 0 aromatic heterocycles. The molecule has 0 spiro atoms. The Morgan fingerprint density at radius 1 is 1.45 bits per heavy atom. The normalized spacial score (nSPS) is 26.9. The summed E-state index contributed by atoms with van der Waals surface area (Å²) in [5.74, 6) is -0.948. The first kappa shape index (κ1) is 16.2. The van der Waals surface area contributed by atoms with Gasteiger partial charge in [0.05, 0.1) is 24.8 Å². The SMILES string of the molecule is CS(=O)(=O)OCC1COC(CBr)(c2ccc(Cl)cc2)O1. The van der Waals surface area contributed by atoms with Crippen LogP contribution < -0.4 is 0 Å². The Balaban J connectivity index is 2.09. The van der Waals surface area contributed by atoms with Crippen LogP contribution in [0.1, 0.15) is 5.56 Å². The molecule has 0 N–H and O–H groups in total. The second-order valence-corrected chi connectivity index (χ2v) is 7.07. The zero-order valence-corrected chi connectivity index (χ0v) is 13.9. The summed E-state index contributed by atoms with van der Waals surface area (Å²) in [5, 5.41) is 1.03. The summed E-state index contributed by atoms with van der Waals surface area (Å²) in [6.45, 7) is 0.185. The van der Waals surface area contributed by atoms with E-state index in [1.807, 2.05) is 12.1 Å². The lowest BCUT2D eigenvalue weighted by Crippen LogP contribution is -2.31. The minimum Gasteiger partial charge on any atom is -0.342 e. The molecule has 2 unspecified atom stereocenters. The quantitative estimate of drug-likeness (QED) is 0.575. The van der Waals surface area contributed by atoms with E-state index in [1.165, 1.54) is 0 Å². The van der Waals surface area contributed by atoms with E-state index in [0.29, 0.717) is 10.4 Å². The van der Waals surface area contributed by atoms with Crippen LogP contribution in [0.15, 0.2) is 24.3 Å². The third-order valence-corrected chi connectivity index (χ3v) is 4.34. The lowest BCUT2D eigenvalue weighted by atomic mass is 10.1. The van der Waals surface area contributed by atoms with Crippen LogP contribution in [0.3, 0.4) is 0 Å². The van der Waals surface area contributed by atoms with Crippen molar-refractivity contribution < 1.29 is 22.1 Å². The van der Waals surface area contributed by atoms with Crippen molar-refractivity contribution in [3.8, 4) is 0 Å². The Morgan fingerprint density at radius 3 is 2.65 bits per heavy atom. The minimum absolute atomic E-state index is 0.0683. The summed E-state index contributed by atoms with van der Waals surface area (Å²) in [6.07, 6.45) is 0.553. The number of halogens is 2. The van der Waals surface area contributed by atoms with Gasteiger partial charge in [-0.1, -0.05) is 39.7 Å². The Labute approximate surface area is 131 Å². The van der Waals surface area contributed by atoms with E-state index in [1.54, 1.807) is 12.1 Å². The lowest BCUT2D eigenvalue weighted by Gasteiger charge is -2.26. The van der Waals surface area contributed by atoms with E-state index >= 15 is 0 Å². The fraction of sp³-hybridized carbons (Fsp3) is 0.500. The average molecular weight is 386 g/mol. The van der Waals surface area contributed by atoms with E-state index < -0.39 is 22.0 Å². The Morgan fingerprint density at radius 2 is 2.10 bits per heavy atom. The molecule has 112 valence electrons. The molecule has 1 heterocycles. The summed E-state index contributed by atoms with van der Waals surface area (Å²) in [4.78, 5) is 0. The van der Waals surface area contributed by atoms with Gasteiger partial charge in [0.15, 0.2) is 0 Å². The van der Waals surface area contributed by atoms with Crippen molar-refractivity contribution in [2.75, 3.05) is 24.8 Å². The molecule has 2 rings (SSSR count). The topological polar surface area (TPSA) is 61.8 Å². The van der Waals surface area contributed by atoms with Gasteiger partial charge in [0.2, 0.25) is 5.79 Å². The van der Waals surface area contributed by atoms with Crippen molar-refractivity contribution in [1.29, 1.82) is 0 Å². The molecule has 1 aliphatic rings. The van der Waals surface area contributed by atoms with E-state index in [4.69, 9.17) is 25.3 Å². The average Bonchev–Trinajstić information content (AvgIpc) is 2.81. The highest BCUT2D eigenvalue weighted by atomic mass is 79.9. The molecule has 0 aliphatic carbocycles. The van der Waals surface area contributed by atoms with Crippen molar-refractivity contribution in [1.82, 2.24) is 0 Å². The Hall–Kier alpha value is -0.180. The largest absolute Gasteiger partial charge is 0.342 e. The predicted octanol–water partition coefficient (Wildman–Crippen LogP) is 2.28. The van der Waals surface area contributed by atoms with Crippen LogP contribution in [0.2, 0.25) is 5.02 Å². The van der Waals surface area contributed by atoms with Crippen molar-refractivity contribution in [3.05, 3.63) is 34.9 Å². The van der Waals surface area contributed by atoms with E-state index in [9.17, 15) is 8.42 Å². The van der Waals surface area contributed by atoms with Crippen molar-refractivity contribution in [2.45, 2.75) is 11.9 Å². The van der Waals surface area contributed by atoms with Gasteiger partial charge in [-0.25, -0.2) is 0 Å². The molecular weight excluding hydrogens is 372 g/mol. The number of alkyl halides is 1. The monoisotopic (exact) mass is 384 g/mol. The van der Waals surface area contributed by atoms with E-state index in [0.717, 1.165) is 11.8 Å². The molecule has 20 heavy (non-hydrogen) atoms. The third-order valence-electron chi connectivity index (χ3n) is 2.79. The number of ether oxygens (including phenoxy) is 2. The van der Waals surface area contributed by atoms with Crippen molar-refractivity contribution >= 4 is 37.6 Å². The van der Waals surface area contributed by atoms with Gasteiger partial charge in [0.25, 0.3) is 10.1 Å². The molecule has 2 atom stereocenters. The van der Waals surface area contributed by atoms with Crippen LogP contribution >= 0.6 is 27.5 Å². The smallest absolute Gasteiger partial charge is 0.264 e. The summed E-state index contributed by atoms with van der Waals surface area (Å²) in [5.41, 5.74) is 0.806. The van der Waals surface area contributed by atoms with Gasteiger partial charge in [-0.2, -0.15) is 8.42 Å². The van der Waals surface area contributed by atoms with Crippen LogP contribution in [0.5, 0.6) is 0 Å². The second-order valence-electron chi connectivity index (χ2n) is 4.43. The molecule has 5 nitrogen and oxygen atoms in total. The van der Waals surface area contributed by atoms with Crippen LogP contribution in [0.4, 0.5) is 0 Å². The van der Waals surface area contributed by atoms with Gasteiger partial charge in [0.1, 0.15) is 6.10 Å². The van der Waals surface area contributed by atoms with Gasteiger partial charge in [-0.3, -0.25) is 4.18 Å². The Bertz CT molecular complexity index is 562. The second kappa shape index (κ2) is 6.29. The fourth-order valence-electron chi connectivity index (χ4n) is 1.85. The van der Waals surface area contributed by atoms with Gasteiger partial charge < -0.3 is 9.47 Å². The first-order valence-corrected chi connectivity index (χ1v) is 9.14. The summed E-state index contributed by atoms with van der Waals surface area (Å²) < 4.78 is 38.2. The first-order chi connectivity index (χ1) is 9.35.